The van der Waals surface area contributed by atoms with Crippen LogP contribution in [0.25, 0.3) is 6.08 Å². The zero-order valence-electron chi connectivity index (χ0n) is 13.7. The zero-order valence-corrected chi connectivity index (χ0v) is 13.7. The van der Waals surface area contributed by atoms with Gasteiger partial charge >= 0.3 is 0 Å². The number of H-pyrrole nitrogens is 1. The number of hydrogen-bond donors (Lipinski definition) is 3. The van der Waals surface area contributed by atoms with Gasteiger partial charge in [-0.25, -0.2) is 9.37 Å². The van der Waals surface area contributed by atoms with E-state index in [0.717, 1.165) is 12.2 Å². The molecule has 1 aromatic carbocycles. The summed E-state index contributed by atoms with van der Waals surface area (Å²) >= 11 is 0. The first-order valence-electron chi connectivity index (χ1n) is 8.34. The fraction of sp³-hybridized carbons (Fsp3) is 0.389. The first-order valence-corrected chi connectivity index (χ1v) is 8.34. The van der Waals surface area contributed by atoms with Gasteiger partial charge in [-0.15, -0.1) is 0 Å². The molecule has 1 fully saturated rings. The number of nitrogens with zero attached hydrogens (tertiary/aromatic N) is 2. The summed E-state index contributed by atoms with van der Waals surface area (Å²) in [4.78, 5) is 16.1. The Morgan fingerprint density at radius 3 is 3.00 bits per heavy atom. The van der Waals surface area contributed by atoms with Gasteiger partial charge in [0, 0.05) is 30.4 Å². The lowest BCUT2D eigenvalue weighted by molar-refractivity contribution is -0.120. The molecule has 0 aliphatic heterocycles. The molecule has 0 unspecified atom stereocenters. The molecule has 25 heavy (non-hydrogen) atoms. The normalized spacial score (nSPS) is 23.2. The van der Waals surface area contributed by atoms with Gasteiger partial charge in [-0.05, 0) is 18.9 Å². The Balaban J connectivity index is 1.44. The molecule has 6 nitrogen and oxygen atoms in total. The number of amides is 1. The molecule has 1 aliphatic carbocycles. The van der Waals surface area contributed by atoms with Gasteiger partial charge in [0.15, 0.2) is 0 Å². The topological polar surface area (TPSA) is 90.9 Å². The molecule has 1 aliphatic rings. The van der Waals surface area contributed by atoms with Crippen LogP contribution in [0.3, 0.4) is 0 Å². The highest BCUT2D eigenvalue weighted by Gasteiger charge is 2.35. The van der Waals surface area contributed by atoms with Crippen molar-refractivity contribution >= 4 is 12.0 Å². The lowest BCUT2D eigenvalue weighted by Gasteiger charge is -2.14. The van der Waals surface area contributed by atoms with Gasteiger partial charge in [-0.2, -0.15) is 5.10 Å². The van der Waals surface area contributed by atoms with Gasteiger partial charge in [0.05, 0.1) is 6.10 Å². The summed E-state index contributed by atoms with van der Waals surface area (Å²) in [6, 6.07) is 6.40. The molecule has 1 aromatic heterocycles. The predicted molar refractivity (Wildman–Crippen MR) is 90.9 cm³/mol. The Hall–Kier alpha value is -2.54. The predicted octanol–water partition coefficient (Wildman–Crippen LogP) is 2.02. The van der Waals surface area contributed by atoms with E-state index in [2.05, 4.69) is 20.5 Å². The van der Waals surface area contributed by atoms with E-state index in [9.17, 15) is 14.3 Å². The maximum atomic E-state index is 13.5. The van der Waals surface area contributed by atoms with Gasteiger partial charge < -0.3 is 10.4 Å². The monoisotopic (exact) mass is 344 g/mol. The maximum Gasteiger partial charge on any atom is 0.223 e. The summed E-state index contributed by atoms with van der Waals surface area (Å²) in [5.41, 5.74) is 0.455. The highest BCUT2D eigenvalue weighted by molar-refractivity contribution is 5.78. The minimum absolute atomic E-state index is 0.00500. The molecule has 132 valence electrons. The quantitative estimate of drug-likeness (QED) is 0.748. The summed E-state index contributed by atoms with van der Waals surface area (Å²) < 4.78 is 13.5. The number of rotatable bonds is 6. The van der Waals surface area contributed by atoms with Crippen molar-refractivity contribution in [2.75, 3.05) is 6.54 Å². The van der Waals surface area contributed by atoms with Crippen LogP contribution in [0.2, 0.25) is 0 Å². The average molecular weight is 344 g/mol. The first kappa shape index (κ1) is 17.3. The van der Waals surface area contributed by atoms with Crippen molar-refractivity contribution in [3.8, 4) is 0 Å². The average Bonchev–Trinajstić information content (AvgIpc) is 3.24. The van der Waals surface area contributed by atoms with Gasteiger partial charge in [0.25, 0.3) is 0 Å². The van der Waals surface area contributed by atoms with Crippen LogP contribution in [-0.2, 0) is 4.79 Å². The number of nitrogens with one attached hydrogen (secondary N) is 2. The fourth-order valence-electron chi connectivity index (χ4n) is 3.18. The molecule has 2 aromatic rings. The summed E-state index contributed by atoms with van der Waals surface area (Å²) in [6.07, 6.45) is 5.76. The Bertz CT molecular complexity index is 732. The molecule has 3 rings (SSSR count). The van der Waals surface area contributed by atoms with E-state index >= 15 is 0 Å². The van der Waals surface area contributed by atoms with Gasteiger partial charge in [-0.1, -0.05) is 30.4 Å². The van der Waals surface area contributed by atoms with E-state index in [1.165, 1.54) is 12.4 Å². The van der Waals surface area contributed by atoms with E-state index in [0.29, 0.717) is 18.5 Å². The lowest BCUT2D eigenvalue weighted by Crippen LogP contribution is -2.32. The van der Waals surface area contributed by atoms with Crippen LogP contribution >= 0.6 is 0 Å². The highest BCUT2D eigenvalue weighted by Crippen LogP contribution is 2.36. The van der Waals surface area contributed by atoms with Crippen molar-refractivity contribution in [2.24, 2.45) is 5.92 Å². The molecule has 0 bridgehead atoms. The molecular formula is C18H21FN4O2. The number of aromatic nitrogens is 3. The number of aliphatic hydroxyl groups excluding tert-OH is 1. The van der Waals surface area contributed by atoms with Crippen LogP contribution < -0.4 is 5.32 Å². The Morgan fingerprint density at radius 1 is 1.40 bits per heavy atom. The smallest absolute Gasteiger partial charge is 0.223 e. The van der Waals surface area contributed by atoms with Crippen molar-refractivity contribution in [1.82, 2.24) is 20.5 Å². The molecule has 1 heterocycles. The molecule has 3 N–H and O–H groups in total. The Morgan fingerprint density at radius 2 is 2.24 bits per heavy atom. The summed E-state index contributed by atoms with van der Waals surface area (Å²) in [5.74, 6) is 0.449. The number of aliphatic hydroxyl groups is 1. The fourth-order valence-corrected chi connectivity index (χ4v) is 3.18. The van der Waals surface area contributed by atoms with Crippen molar-refractivity contribution in [2.45, 2.75) is 31.3 Å². The van der Waals surface area contributed by atoms with Crippen molar-refractivity contribution < 1.29 is 14.3 Å². The number of halogens is 1. The Labute approximate surface area is 145 Å². The van der Waals surface area contributed by atoms with Gasteiger partial charge in [0.2, 0.25) is 5.91 Å². The third kappa shape index (κ3) is 4.51. The van der Waals surface area contributed by atoms with E-state index < -0.39 is 6.10 Å². The minimum Gasteiger partial charge on any atom is -0.393 e. The van der Waals surface area contributed by atoms with Crippen molar-refractivity contribution in [3.05, 3.63) is 53.9 Å². The van der Waals surface area contributed by atoms with E-state index in [-0.39, 0.29) is 30.0 Å². The summed E-state index contributed by atoms with van der Waals surface area (Å²) in [5, 5.41) is 19.7. The van der Waals surface area contributed by atoms with Crippen LogP contribution in [0.4, 0.5) is 4.39 Å². The molecule has 1 saturated carbocycles. The number of carbonyl (C=O) groups excluding carboxylic acids is 1. The molecule has 0 spiro atoms. The standard InChI is InChI=1S/C18H21FN4O2/c19-15-6-2-1-4-12(15)5-3-7-17(25)20-10-14-8-13(9-16(14)24)18-21-11-22-23-18/h1-6,11,13-14,16,24H,7-10H2,(H,20,25)(H,21,22,23)/b5-3+/t13-,14+,16+/m1/s1. The number of aromatic amines is 1. The number of benzene rings is 1. The molecule has 3 atom stereocenters. The second kappa shape index (κ2) is 8.02. The third-order valence-corrected chi connectivity index (χ3v) is 4.55. The Kier molecular flexibility index (Phi) is 5.55. The lowest BCUT2D eigenvalue weighted by atomic mass is 10.0. The highest BCUT2D eigenvalue weighted by atomic mass is 19.1. The van der Waals surface area contributed by atoms with Crippen molar-refractivity contribution in [3.63, 3.8) is 0 Å². The van der Waals surface area contributed by atoms with Crippen LogP contribution in [-0.4, -0.2) is 38.8 Å². The molecule has 0 radical (unpaired) electrons. The maximum absolute atomic E-state index is 13.5. The van der Waals surface area contributed by atoms with Crippen LogP contribution in [0.5, 0.6) is 0 Å². The number of hydrogen-bond acceptors (Lipinski definition) is 4. The number of carbonyl (C=O) groups is 1. The third-order valence-electron chi connectivity index (χ3n) is 4.55. The molecule has 7 heteroatoms. The summed E-state index contributed by atoms with van der Waals surface area (Å²) in [7, 11) is 0. The largest absolute Gasteiger partial charge is 0.393 e. The van der Waals surface area contributed by atoms with Crippen LogP contribution in [0, 0.1) is 11.7 Å². The van der Waals surface area contributed by atoms with E-state index in [1.807, 2.05) is 0 Å². The zero-order chi connectivity index (χ0) is 17.6. The van der Waals surface area contributed by atoms with Gasteiger partial charge in [-0.3, -0.25) is 9.89 Å². The second-order valence-corrected chi connectivity index (χ2v) is 6.30. The SMILES string of the molecule is O=C(C/C=C/c1ccccc1F)NC[C@@H]1C[C@@H](c2ncn[nH]2)C[C@@H]1O. The molecular weight excluding hydrogens is 323 g/mol. The minimum atomic E-state index is -0.468. The van der Waals surface area contributed by atoms with Crippen LogP contribution in [0.1, 0.15) is 36.6 Å². The van der Waals surface area contributed by atoms with E-state index in [4.69, 9.17) is 0 Å². The van der Waals surface area contributed by atoms with Gasteiger partial charge in [0.1, 0.15) is 18.0 Å². The second-order valence-electron chi connectivity index (χ2n) is 6.30. The van der Waals surface area contributed by atoms with Crippen LogP contribution in [0.15, 0.2) is 36.7 Å². The molecule has 1 amide bonds. The first-order chi connectivity index (χ1) is 12.1. The van der Waals surface area contributed by atoms with Crippen molar-refractivity contribution in [1.29, 1.82) is 0 Å². The molecule has 0 saturated heterocycles. The van der Waals surface area contributed by atoms with E-state index in [1.54, 1.807) is 30.4 Å². The summed E-state index contributed by atoms with van der Waals surface area (Å²) in [6.45, 7) is 0.415.